The second kappa shape index (κ2) is 5.32. The van der Waals surface area contributed by atoms with Gasteiger partial charge >= 0.3 is 0 Å². The fourth-order valence-corrected chi connectivity index (χ4v) is 2.19. The van der Waals surface area contributed by atoms with Crippen LogP contribution in [0.25, 0.3) is 10.8 Å². The zero-order valence-corrected chi connectivity index (χ0v) is 11.0. The van der Waals surface area contributed by atoms with Gasteiger partial charge in [0.25, 0.3) is 0 Å². The summed E-state index contributed by atoms with van der Waals surface area (Å²) in [7, 11) is 1.59. The molecular weight excluding hydrogens is 224 g/mol. The number of rotatable bonds is 4. The lowest BCUT2D eigenvalue weighted by Gasteiger charge is -2.18. The molecule has 1 atom stereocenters. The van der Waals surface area contributed by atoms with E-state index < -0.39 is 0 Å². The molecule has 0 aliphatic heterocycles. The van der Waals surface area contributed by atoms with Crippen LogP contribution in [0, 0.1) is 5.92 Å². The van der Waals surface area contributed by atoms with Crippen molar-refractivity contribution < 1.29 is 9.53 Å². The third-order valence-electron chi connectivity index (χ3n) is 3.15. The lowest BCUT2D eigenvalue weighted by Crippen LogP contribution is -2.28. The van der Waals surface area contributed by atoms with Crippen molar-refractivity contribution in [2.75, 3.05) is 7.11 Å². The topological polar surface area (TPSA) is 26.3 Å². The summed E-state index contributed by atoms with van der Waals surface area (Å²) < 4.78 is 5.29. The number of ether oxygens (including phenoxy) is 1. The van der Waals surface area contributed by atoms with Crippen LogP contribution < -0.4 is 0 Å². The predicted molar refractivity (Wildman–Crippen MR) is 73.9 cm³/mol. The molecule has 0 spiro atoms. The lowest BCUT2D eigenvalue weighted by molar-refractivity contribution is 0.0459. The van der Waals surface area contributed by atoms with Crippen LogP contribution in [0.15, 0.2) is 42.5 Å². The molecule has 2 rings (SSSR count). The number of ketones is 1. The Balaban J connectivity index is 2.38. The van der Waals surface area contributed by atoms with Crippen molar-refractivity contribution >= 4 is 16.6 Å². The molecule has 0 fully saturated rings. The van der Waals surface area contributed by atoms with E-state index in [0.29, 0.717) is 5.56 Å². The van der Waals surface area contributed by atoms with E-state index in [2.05, 4.69) is 0 Å². The minimum atomic E-state index is -0.369. The average Bonchev–Trinajstić information content (AvgIpc) is 2.38. The normalized spacial score (nSPS) is 12.9. The highest BCUT2D eigenvalue weighted by Crippen LogP contribution is 2.19. The molecule has 0 aliphatic carbocycles. The number of carbonyl (C=O) groups excluding carboxylic acids is 1. The summed E-state index contributed by atoms with van der Waals surface area (Å²) in [5.74, 6) is 0.229. The van der Waals surface area contributed by atoms with Crippen LogP contribution >= 0.6 is 0 Å². The Bertz CT molecular complexity index is 558. The number of methoxy groups -OCH3 is 1. The highest BCUT2D eigenvalue weighted by Gasteiger charge is 2.22. The van der Waals surface area contributed by atoms with E-state index in [4.69, 9.17) is 4.74 Å². The number of Topliss-reactive ketones (excluding diaryl/α,β-unsaturated/α-hetero) is 1. The van der Waals surface area contributed by atoms with Gasteiger partial charge in [-0.05, 0) is 22.8 Å². The van der Waals surface area contributed by atoms with Gasteiger partial charge in [0.15, 0.2) is 5.78 Å². The molecule has 0 radical (unpaired) electrons. The first-order valence-corrected chi connectivity index (χ1v) is 6.19. The Morgan fingerprint density at radius 2 is 1.72 bits per heavy atom. The van der Waals surface area contributed by atoms with Crippen LogP contribution in [0.1, 0.15) is 24.2 Å². The quantitative estimate of drug-likeness (QED) is 0.764. The molecule has 2 nitrogen and oxygen atoms in total. The number of hydrogen-bond donors (Lipinski definition) is 0. The molecule has 2 aromatic rings. The predicted octanol–water partition coefficient (Wildman–Crippen LogP) is 3.69. The molecule has 2 heteroatoms. The molecule has 0 aliphatic rings. The molecule has 2 aromatic carbocycles. The summed E-state index contributed by atoms with van der Waals surface area (Å²) in [6.45, 7) is 3.99. The van der Waals surface area contributed by atoms with Gasteiger partial charge in [0.05, 0.1) is 0 Å². The van der Waals surface area contributed by atoms with Crippen molar-refractivity contribution in [3.63, 3.8) is 0 Å². The summed E-state index contributed by atoms with van der Waals surface area (Å²) in [6.07, 6.45) is -0.369. The Morgan fingerprint density at radius 3 is 2.33 bits per heavy atom. The van der Waals surface area contributed by atoms with E-state index in [-0.39, 0.29) is 17.8 Å². The van der Waals surface area contributed by atoms with Gasteiger partial charge in [0.1, 0.15) is 6.10 Å². The molecule has 0 amide bonds. The van der Waals surface area contributed by atoms with Gasteiger partial charge in [-0.2, -0.15) is 0 Å². The minimum absolute atomic E-state index is 0.0539. The number of fused-ring (bicyclic) bond motifs is 1. The van der Waals surface area contributed by atoms with E-state index >= 15 is 0 Å². The lowest BCUT2D eigenvalue weighted by atomic mass is 9.96. The molecule has 0 heterocycles. The van der Waals surface area contributed by atoms with Crippen LogP contribution in [0.2, 0.25) is 0 Å². The smallest absolute Gasteiger partial charge is 0.191 e. The van der Waals surface area contributed by atoms with Gasteiger partial charge in [-0.1, -0.05) is 50.2 Å². The maximum absolute atomic E-state index is 12.3. The van der Waals surface area contributed by atoms with Crippen LogP contribution in [0.4, 0.5) is 0 Å². The van der Waals surface area contributed by atoms with Crippen molar-refractivity contribution in [1.82, 2.24) is 0 Å². The van der Waals surface area contributed by atoms with Crippen molar-refractivity contribution in [2.24, 2.45) is 5.92 Å². The van der Waals surface area contributed by atoms with Crippen LogP contribution in [0.3, 0.4) is 0 Å². The van der Waals surface area contributed by atoms with E-state index in [0.717, 1.165) is 10.8 Å². The van der Waals surface area contributed by atoms with Gasteiger partial charge in [0, 0.05) is 12.7 Å². The number of hydrogen-bond acceptors (Lipinski definition) is 2. The first-order valence-electron chi connectivity index (χ1n) is 6.19. The van der Waals surface area contributed by atoms with Gasteiger partial charge < -0.3 is 4.74 Å². The first-order chi connectivity index (χ1) is 8.63. The minimum Gasteiger partial charge on any atom is -0.373 e. The molecule has 0 bridgehead atoms. The third kappa shape index (κ3) is 2.44. The van der Waals surface area contributed by atoms with Gasteiger partial charge in [-0.15, -0.1) is 0 Å². The summed E-state index contributed by atoms with van der Waals surface area (Å²) in [4.78, 5) is 12.3. The van der Waals surface area contributed by atoms with Crippen LogP contribution in [-0.2, 0) is 4.74 Å². The molecule has 94 valence electrons. The highest BCUT2D eigenvalue weighted by atomic mass is 16.5. The Kier molecular flexibility index (Phi) is 3.78. The van der Waals surface area contributed by atoms with Gasteiger partial charge in [-0.3, -0.25) is 4.79 Å². The van der Waals surface area contributed by atoms with E-state index in [1.165, 1.54) is 0 Å². The Hall–Kier alpha value is -1.67. The monoisotopic (exact) mass is 242 g/mol. The molecule has 1 unspecified atom stereocenters. The van der Waals surface area contributed by atoms with Crippen molar-refractivity contribution in [3.8, 4) is 0 Å². The average molecular weight is 242 g/mol. The Labute approximate surface area is 108 Å². The zero-order valence-electron chi connectivity index (χ0n) is 11.0. The van der Waals surface area contributed by atoms with E-state index in [1.807, 2.05) is 56.3 Å². The molecule has 18 heavy (non-hydrogen) atoms. The summed E-state index contributed by atoms with van der Waals surface area (Å²) in [5.41, 5.74) is 0.717. The van der Waals surface area contributed by atoms with Crippen molar-refractivity contribution in [2.45, 2.75) is 20.0 Å². The van der Waals surface area contributed by atoms with Crippen LogP contribution in [0.5, 0.6) is 0 Å². The fraction of sp³-hybridized carbons (Fsp3) is 0.312. The number of benzene rings is 2. The first kappa shape index (κ1) is 12.8. The SMILES string of the molecule is COC(C(=O)c1ccc2ccccc2c1)C(C)C. The van der Waals surface area contributed by atoms with E-state index in [1.54, 1.807) is 7.11 Å². The summed E-state index contributed by atoms with van der Waals surface area (Å²) in [5, 5.41) is 2.23. The van der Waals surface area contributed by atoms with Gasteiger partial charge in [0.2, 0.25) is 0 Å². The maximum atomic E-state index is 12.3. The van der Waals surface area contributed by atoms with Crippen molar-refractivity contribution in [3.05, 3.63) is 48.0 Å². The molecular formula is C16H18O2. The van der Waals surface area contributed by atoms with Crippen LogP contribution in [-0.4, -0.2) is 19.0 Å². The van der Waals surface area contributed by atoms with Crippen molar-refractivity contribution in [1.29, 1.82) is 0 Å². The standard InChI is InChI=1S/C16H18O2/c1-11(2)16(18-3)15(17)14-9-8-12-6-4-5-7-13(12)10-14/h4-11,16H,1-3H3. The molecule has 0 saturated carbocycles. The third-order valence-corrected chi connectivity index (χ3v) is 3.15. The number of carbonyl (C=O) groups is 1. The second-order valence-electron chi connectivity index (χ2n) is 4.83. The highest BCUT2D eigenvalue weighted by molar-refractivity contribution is 6.02. The van der Waals surface area contributed by atoms with Gasteiger partial charge in [-0.25, -0.2) is 0 Å². The largest absolute Gasteiger partial charge is 0.373 e. The molecule has 0 aromatic heterocycles. The van der Waals surface area contributed by atoms with E-state index in [9.17, 15) is 4.79 Å². The Morgan fingerprint density at radius 1 is 1.06 bits per heavy atom. The summed E-state index contributed by atoms with van der Waals surface area (Å²) >= 11 is 0. The second-order valence-corrected chi connectivity index (χ2v) is 4.83. The zero-order chi connectivity index (χ0) is 13.1. The molecule has 0 N–H and O–H groups in total. The maximum Gasteiger partial charge on any atom is 0.191 e. The summed E-state index contributed by atoms with van der Waals surface area (Å²) in [6, 6.07) is 13.8. The molecule has 0 saturated heterocycles. The fourth-order valence-electron chi connectivity index (χ4n) is 2.19.